The second kappa shape index (κ2) is 2.38. The zero-order valence-corrected chi connectivity index (χ0v) is 6.50. The summed E-state index contributed by atoms with van der Waals surface area (Å²) in [5.74, 6) is 0. The van der Waals surface area contributed by atoms with Crippen molar-refractivity contribution in [2.45, 2.75) is 18.5 Å². The van der Waals surface area contributed by atoms with E-state index in [2.05, 4.69) is 4.90 Å². The number of hydrogen-bond donors (Lipinski definition) is 0. The number of alkyl halides is 2. The van der Waals surface area contributed by atoms with E-state index in [-0.39, 0.29) is 6.54 Å². The molecule has 0 aromatic carbocycles. The summed E-state index contributed by atoms with van der Waals surface area (Å²) in [5.41, 5.74) is 0. The first-order valence-electron chi connectivity index (χ1n) is 3.91. The van der Waals surface area contributed by atoms with E-state index in [1.165, 1.54) is 0 Å². The van der Waals surface area contributed by atoms with E-state index in [4.69, 9.17) is 0 Å². The van der Waals surface area contributed by atoms with E-state index >= 15 is 0 Å². The number of nitrogens with zero attached hydrogens (tertiary/aromatic N) is 2. The fourth-order valence-electron chi connectivity index (χ4n) is 1.95. The van der Waals surface area contributed by atoms with Gasteiger partial charge in [-0.05, 0) is 7.05 Å². The van der Waals surface area contributed by atoms with Crippen molar-refractivity contribution in [1.29, 1.82) is 0 Å². The first-order chi connectivity index (χ1) is 5.18. The van der Waals surface area contributed by atoms with E-state index < -0.39 is 6.43 Å². The maximum Gasteiger partial charge on any atom is 0.251 e. The normalized spacial score (nSPS) is 38.2. The Balaban J connectivity index is 1.77. The summed E-state index contributed by atoms with van der Waals surface area (Å²) >= 11 is 0. The van der Waals surface area contributed by atoms with Crippen molar-refractivity contribution in [1.82, 2.24) is 9.80 Å². The molecule has 0 bridgehead atoms. The Kier molecular flexibility index (Phi) is 1.61. The van der Waals surface area contributed by atoms with Crippen molar-refractivity contribution >= 4 is 0 Å². The molecule has 1 unspecified atom stereocenters. The Labute approximate surface area is 64.8 Å². The van der Waals surface area contributed by atoms with Gasteiger partial charge in [-0.3, -0.25) is 9.80 Å². The van der Waals surface area contributed by atoms with Crippen molar-refractivity contribution in [3.63, 3.8) is 0 Å². The number of rotatable bonds is 2. The predicted molar refractivity (Wildman–Crippen MR) is 37.8 cm³/mol. The van der Waals surface area contributed by atoms with Crippen molar-refractivity contribution in [2.24, 2.45) is 0 Å². The van der Waals surface area contributed by atoms with Crippen LogP contribution in [-0.4, -0.2) is 55.0 Å². The van der Waals surface area contributed by atoms with Crippen LogP contribution in [0.4, 0.5) is 8.78 Å². The van der Waals surface area contributed by atoms with Gasteiger partial charge in [0.15, 0.2) is 0 Å². The van der Waals surface area contributed by atoms with Crippen LogP contribution < -0.4 is 0 Å². The van der Waals surface area contributed by atoms with Crippen LogP contribution in [0.15, 0.2) is 0 Å². The molecule has 0 N–H and O–H groups in total. The quantitative estimate of drug-likeness (QED) is 0.574. The molecule has 2 aliphatic rings. The molecule has 11 heavy (non-hydrogen) atoms. The van der Waals surface area contributed by atoms with E-state index in [0.29, 0.717) is 12.1 Å². The average Bonchev–Trinajstić information content (AvgIpc) is 1.91. The molecule has 0 aromatic heterocycles. The molecule has 2 fully saturated rings. The van der Waals surface area contributed by atoms with Gasteiger partial charge in [0.05, 0.1) is 6.54 Å². The molecule has 2 atom stereocenters. The molecule has 0 saturated carbocycles. The van der Waals surface area contributed by atoms with E-state index in [0.717, 1.165) is 13.1 Å². The number of hydrogen-bond acceptors (Lipinski definition) is 2. The Bertz CT molecular complexity index is 163. The van der Waals surface area contributed by atoms with E-state index in [1.54, 1.807) is 0 Å². The second-order valence-electron chi connectivity index (χ2n) is 3.42. The van der Waals surface area contributed by atoms with Gasteiger partial charge in [-0.1, -0.05) is 0 Å². The zero-order valence-electron chi connectivity index (χ0n) is 6.50. The lowest BCUT2D eigenvalue weighted by Crippen LogP contribution is -2.77. The summed E-state index contributed by atoms with van der Waals surface area (Å²) in [5, 5.41) is 0. The molecule has 0 radical (unpaired) electrons. The van der Waals surface area contributed by atoms with Gasteiger partial charge in [-0.2, -0.15) is 0 Å². The van der Waals surface area contributed by atoms with Crippen LogP contribution in [0.5, 0.6) is 0 Å². The molecule has 0 amide bonds. The number of fused-ring (bicyclic) bond motifs is 1. The molecule has 0 aromatic rings. The summed E-state index contributed by atoms with van der Waals surface area (Å²) in [4.78, 5) is 4.09. The molecule has 2 heterocycles. The van der Waals surface area contributed by atoms with Gasteiger partial charge in [0, 0.05) is 25.2 Å². The van der Waals surface area contributed by atoms with Crippen molar-refractivity contribution in [2.75, 3.05) is 26.7 Å². The Morgan fingerprint density at radius 2 is 2.09 bits per heavy atom. The summed E-state index contributed by atoms with van der Waals surface area (Å²) in [6.45, 7) is 1.78. The maximum atomic E-state index is 11.9. The fraction of sp³-hybridized carbons (Fsp3) is 1.00. The minimum absolute atomic E-state index is 0.0327. The van der Waals surface area contributed by atoms with Gasteiger partial charge < -0.3 is 0 Å². The highest BCUT2D eigenvalue weighted by Crippen LogP contribution is 2.31. The Hall–Kier alpha value is -0.220. The molecule has 2 saturated heterocycles. The van der Waals surface area contributed by atoms with Gasteiger partial charge in [-0.15, -0.1) is 0 Å². The highest BCUT2D eigenvalue weighted by molar-refractivity contribution is 5.07. The van der Waals surface area contributed by atoms with Gasteiger partial charge in [0.1, 0.15) is 0 Å². The highest BCUT2D eigenvalue weighted by Gasteiger charge is 2.49. The lowest BCUT2D eigenvalue weighted by atomic mass is 9.86. The monoisotopic (exact) mass is 162 g/mol. The number of likely N-dealkylation sites (tertiary alicyclic amines) is 2. The van der Waals surface area contributed by atoms with Gasteiger partial charge in [-0.25, -0.2) is 8.78 Å². The summed E-state index contributed by atoms with van der Waals surface area (Å²) in [6.07, 6.45) is -2.16. The van der Waals surface area contributed by atoms with Crippen molar-refractivity contribution in [3.05, 3.63) is 0 Å². The summed E-state index contributed by atoms with van der Waals surface area (Å²) in [7, 11) is 2.04. The lowest BCUT2D eigenvalue weighted by molar-refractivity contribution is -0.126. The minimum Gasteiger partial charge on any atom is -0.299 e. The van der Waals surface area contributed by atoms with Gasteiger partial charge in [0.2, 0.25) is 0 Å². The standard InChI is InChI=1S/C7H12F2N2/c1-10-2-6-5(10)3-11(6)4-7(8)9/h5-7H,2-4H2,1H3/t5?,6-/m0/s1. The molecular weight excluding hydrogens is 150 g/mol. The van der Waals surface area contributed by atoms with Crippen LogP contribution in [0.1, 0.15) is 0 Å². The zero-order chi connectivity index (χ0) is 8.01. The number of likely N-dealkylation sites (N-methyl/N-ethyl adjacent to an activating group) is 1. The van der Waals surface area contributed by atoms with Crippen LogP contribution in [0.3, 0.4) is 0 Å². The Morgan fingerprint density at radius 3 is 2.45 bits per heavy atom. The van der Waals surface area contributed by atoms with E-state index in [9.17, 15) is 8.78 Å². The fourth-order valence-corrected chi connectivity index (χ4v) is 1.95. The van der Waals surface area contributed by atoms with E-state index in [1.807, 2.05) is 11.9 Å². The van der Waals surface area contributed by atoms with Crippen LogP contribution in [0, 0.1) is 0 Å². The maximum absolute atomic E-state index is 11.9. The van der Waals surface area contributed by atoms with Gasteiger partial charge in [0.25, 0.3) is 6.43 Å². The molecular formula is C7H12F2N2. The smallest absolute Gasteiger partial charge is 0.251 e. The third-order valence-electron chi connectivity index (χ3n) is 2.75. The van der Waals surface area contributed by atoms with Gasteiger partial charge >= 0.3 is 0 Å². The molecule has 2 nitrogen and oxygen atoms in total. The van der Waals surface area contributed by atoms with Crippen LogP contribution in [0.25, 0.3) is 0 Å². The third kappa shape index (κ3) is 1.05. The topological polar surface area (TPSA) is 6.48 Å². The van der Waals surface area contributed by atoms with Crippen molar-refractivity contribution in [3.8, 4) is 0 Å². The minimum atomic E-state index is -2.16. The second-order valence-corrected chi connectivity index (χ2v) is 3.42. The SMILES string of the molecule is CN1C[C@H]2C1CN2CC(F)F. The summed E-state index contributed by atoms with van der Waals surface area (Å²) in [6, 6.07) is 1.02. The number of piperazine rings is 1. The number of halogens is 2. The first-order valence-corrected chi connectivity index (χ1v) is 3.91. The molecule has 0 aliphatic carbocycles. The first kappa shape index (κ1) is 7.43. The third-order valence-corrected chi connectivity index (χ3v) is 2.75. The van der Waals surface area contributed by atoms with Crippen molar-refractivity contribution < 1.29 is 8.78 Å². The molecule has 2 aliphatic heterocycles. The lowest BCUT2D eigenvalue weighted by Gasteiger charge is -2.61. The molecule has 2 rings (SSSR count). The van der Waals surface area contributed by atoms with Crippen LogP contribution >= 0.6 is 0 Å². The summed E-state index contributed by atoms with van der Waals surface area (Å²) < 4.78 is 23.7. The van der Waals surface area contributed by atoms with Crippen LogP contribution in [0.2, 0.25) is 0 Å². The largest absolute Gasteiger partial charge is 0.299 e. The average molecular weight is 162 g/mol. The predicted octanol–water partition coefficient (Wildman–Crippen LogP) is 0.250. The molecule has 64 valence electrons. The Morgan fingerprint density at radius 1 is 1.36 bits per heavy atom. The van der Waals surface area contributed by atoms with Crippen LogP contribution in [-0.2, 0) is 0 Å². The molecule has 0 spiro atoms. The highest BCUT2D eigenvalue weighted by atomic mass is 19.3. The molecule has 4 heteroatoms.